The topological polar surface area (TPSA) is 60.7 Å². The van der Waals surface area contributed by atoms with Crippen molar-refractivity contribution < 1.29 is 20.1 Å². The molecule has 10 heavy (non-hydrogen) atoms. The van der Waals surface area contributed by atoms with Gasteiger partial charge >= 0.3 is 0 Å². The molecule has 4 nitrogen and oxygen atoms in total. The largest absolute Gasteiger partial charge is 0.396 e. The van der Waals surface area contributed by atoms with Crippen molar-refractivity contribution in [3.8, 4) is 0 Å². The van der Waals surface area contributed by atoms with Gasteiger partial charge in [-0.1, -0.05) is 0 Å². The predicted octanol–water partition coefficient (Wildman–Crippen LogP) is -0.803. The van der Waals surface area contributed by atoms with Crippen LogP contribution in [0.5, 0.6) is 0 Å². The molecule has 4 heteroatoms. The number of quaternary nitrogens is 1. The fourth-order valence-corrected chi connectivity index (χ4v) is 0.739. The Labute approximate surface area is 60.9 Å². The summed E-state index contributed by atoms with van der Waals surface area (Å²) in [5.74, 6) is 0. The van der Waals surface area contributed by atoms with Crippen molar-refractivity contribution in [1.29, 1.82) is 0 Å². The van der Waals surface area contributed by atoms with E-state index in [1.807, 2.05) is 0 Å². The van der Waals surface area contributed by atoms with Gasteiger partial charge in [-0.3, -0.25) is 0 Å². The molecule has 0 aliphatic heterocycles. The number of nitrogens with zero attached hydrogens (tertiary/aromatic N) is 1. The predicted molar refractivity (Wildman–Crippen MR) is 36.5 cm³/mol. The third-order valence-electron chi connectivity index (χ3n) is 1.38. The summed E-state index contributed by atoms with van der Waals surface area (Å²) in [7, 11) is 1.60. The van der Waals surface area contributed by atoms with Crippen molar-refractivity contribution in [1.82, 2.24) is 0 Å². The summed E-state index contributed by atoms with van der Waals surface area (Å²) < 4.78 is -0.211. The highest BCUT2D eigenvalue weighted by Crippen LogP contribution is 1.96. The van der Waals surface area contributed by atoms with Gasteiger partial charge in [0.1, 0.15) is 13.1 Å². The second-order valence-corrected chi connectivity index (χ2v) is 2.59. The van der Waals surface area contributed by atoms with Crippen LogP contribution in [0.2, 0.25) is 0 Å². The highest BCUT2D eigenvalue weighted by Gasteiger charge is 2.16. The van der Waals surface area contributed by atoms with Crippen LogP contribution in [-0.2, 0) is 0 Å². The second kappa shape index (κ2) is 4.62. The molecule has 0 aliphatic carbocycles. The van der Waals surface area contributed by atoms with Crippen molar-refractivity contribution >= 4 is 0 Å². The van der Waals surface area contributed by atoms with E-state index in [-0.39, 0.29) is 17.9 Å². The molecule has 0 aromatic rings. The number of rotatable bonds is 5. The van der Waals surface area contributed by atoms with Gasteiger partial charge < -0.3 is 10.2 Å². The molecule has 0 bridgehead atoms. The molecule has 0 saturated heterocycles. The monoisotopic (exact) mass is 150 g/mol. The summed E-state index contributed by atoms with van der Waals surface area (Å²) in [4.78, 5) is 0. The quantitative estimate of drug-likeness (QED) is 0.355. The van der Waals surface area contributed by atoms with E-state index < -0.39 is 0 Å². The van der Waals surface area contributed by atoms with E-state index >= 15 is 0 Å². The van der Waals surface area contributed by atoms with E-state index in [0.717, 1.165) is 0 Å². The van der Waals surface area contributed by atoms with E-state index in [4.69, 9.17) is 10.2 Å². The summed E-state index contributed by atoms with van der Waals surface area (Å²) in [6.45, 7) is 0.856. The average Bonchev–Trinajstić information content (AvgIpc) is 1.84. The van der Waals surface area contributed by atoms with Crippen LogP contribution in [0, 0.1) is 0 Å². The minimum absolute atomic E-state index is 0.0293. The van der Waals surface area contributed by atoms with Gasteiger partial charge in [0.05, 0.1) is 13.7 Å². The molecule has 0 saturated carbocycles. The Morgan fingerprint density at radius 1 is 1.10 bits per heavy atom. The molecule has 0 fully saturated rings. The SMILES string of the molecule is C[N+](O)(CCO)CCCO. The van der Waals surface area contributed by atoms with E-state index in [0.29, 0.717) is 19.5 Å². The van der Waals surface area contributed by atoms with Crippen molar-refractivity contribution in [3.63, 3.8) is 0 Å². The van der Waals surface area contributed by atoms with Crippen molar-refractivity contribution in [2.75, 3.05) is 33.4 Å². The highest BCUT2D eigenvalue weighted by atomic mass is 16.5. The Balaban J connectivity index is 3.42. The number of aliphatic hydroxyl groups excluding tert-OH is 2. The molecule has 0 aromatic heterocycles. The van der Waals surface area contributed by atoms with Crippen LogP contribution in [0.15, 0.2) is 0 Å². The molecule has 0 heterocycles. The van der Waals surface area contributed by atoms with Gasteiger partial charge in [0, 0.05) is 13.0 Å². The number of hydrogen-bond acceptors (Lipinski definition) is 3. The molecule has 1 atom stereocenters. The first kappa shape index (κ1) is 9.84. The Morgan fingerprint density at radius 2 is 1.70 bits per heavy atom. The molecule has 3 N–H and O–H groups in total. The van der Waals surface area contributed by atoms with Crippen molar-refractivity contribution in [2.24, 2.45) is 0 Å². The fourth-order valence-electron chi connectivity index (χ4n) is 0.739. The summed E-state index contributed by atoms with van der Waals surface area (Å²) in [5.41, 5.74) is 0. The van der Waals surface area contributed by atoms with Gasteiger partial charge in [0.15, 0.2) is 0 Å². The van der Waals surface area contributed by atoms with Crippen LogP contribution in [0.3, 0.4) is 0 Å². The van der Waals surface area contributed by atoms with Gasteiger partial charge in [-0.25, -0.2) is 5.21 Å². The van der Waals surface area contributed by atoms with Crippen molar-refractivity contribution in [3.05, 3.63) is 0 Å². The highest BCUT2D eigenvalue weighted by molar-refractivity contribution is 4.31. The molecule has 0 spiro atoms. The zero-order valence-corrected chi connectivity index (χ0v) is 6.32. The molecule has 0 radical (unpaired) electrons. The average molecular weight is 150 g/mol. The molecule has 0 aromatic carbocycles. The number of hydroxylamine groups is 3. The Bertz CT molecular complexity index is 85.1. The molecule has 62 valence electrons. The molecular weight excluding hydrogens is 134 g/mol. The maximum absolute atomic E-state index is 9.31. The first-order chi connectivity index (χ1) is 4.62. The maximum atomic E-state index is 9.31. The standard InChI is InChI=1S/C6H16NO3/c1-7(10,4-6-9)3-2-5-8/h8-10H,2-6H2,1H3/q+1. The molecule has 0 rings (SSSR count). The number of aliphatic hydroxyl groups is 2. The Kier molecular flexibility index (Phi) is 4.55. The van der Waals surface area contributed by atoms with Crippen LogP contribution in [0.4, 0.5) is 0 Å². The summed E-state index contributed by atoms with van der Waals surface area (Å²) >= 11 is 0. The lowest BCUT2D eigenvalue weighted by atomic mass is 10.4. The lowest BCUT2D eigenvalue weighted by Crippen LogP contribution is -2.43. The van der Waals surface area contributed by atoms with Gasteiger partial charge in [0.25, 0.3) is 0 Å². The second-order valence-electron chi connectivity index (χ2n) is 2.59. The lowest BCUT2D eigenvalue weighted by Gasteiger charge is -2.23. The van der Waals surface area contributed by atoms with Crippen LogP contribution in [0.1, 0.15) is 6.42 Å². The van der Waals surface area contributed by atoms with Crippen LogP contribution < -0.4 is 0 Å². The van der Waals surface area contributed by atoms with E-state index in [2.05, 4.69) is 0 Å². The van der Waals surface area contributed by atoms with Crippen LogP contribution in [0.25, 0.3) is 0 Å². The third kappa shape index (κ3) is 4.69. The van der Waals surface area contributed by atoms with E-state index in [1.54, 1.807) is 7.05 Å². The van der Waals surface area contributed by atoms with E-state index in [9.17, 15) is 5.21 Å². The van der Waals surface area contributed by atoms with Gasteiger partial charge in [-0.2, -0.15) is 4.65 Å². The van der Waals surface area contributed by atoms with Gasteiger partial charge in [-0.15, -0.1) is 0 Å². The summed E-state index contributed by atoms with van der Waals surface area (Å²) in [6, 6.07) is 0. The Hall–Kier alpha value is -0.160. The van der Waals surface area contributed by atoms with Gasteiger partial charge in [0.2, 0.25) is 0 Å². The van der Waals surface area contributed by atoms with Gasteiger partial charge in [-0.05, 0) is 0 Å². The lowest BCUT2D eigenvalue weighted by molar-refractivity contribution is -1.09. The van der Waals surface area contributed by atoms with Crippen LogP contribution in [-0.4, -0.2) is 53.4 Å². The smallest absolute Gasteiger partial charge is 0.132 e. The molecular formula is C6H16NO3+. The summed E-state index contributed by atoms with van der Waals surface area (Å²) in [5, 5.41) is 26.2. The first-order valence-electron chi connectivity index (χ1n) is 3.41. The zero-order chi connectivity index (χ0) is 8.04. The molecule has 0 aliphatic rings. The minimum Gasteiger partial charge on any atom is -0.396 e. The number of likely N-dealkylation sites (N-methyl/N-ethyl adjacent to an activating group) is 1. The first-order valence-corrected chi connectivity index (χ1v) is 3.41. The fraction of sp³-hybridized carbons (Fsp3) is 1.00. The molecule has 0 amide bonds. The molecule has 1 unspecified atom stereocenters. The Morgan fingerprint density at radius 3 is 2.10 bits per heavy atom. The summed E-state index contributed by atoms with van der Waals surface area (Å²) in [6.07, 6.45) is 0.562. The van der Waals surface area contributed by atoms with Crippen molar-refractivity contribution in [2.45, 2.75) is 6.42 Å². The third-order valence-corrected chi connectivity index (χ3v) is 1.38. The minimum atomic E-state index is -0.211. The van der Waals surface area contributed by atoms with Crippen LogP contribution >= 0.6 is 0 Å². The van der Waals surface area contributed by atoms with E-state index in [1.165, 1.54) is 0 Å². The maximum Gasteiger partial charge on any atom is 0.132 e. The normalized spacial score (nSPS) is 16.8. The number of hydrogen-bond donors (Lipinski definition) is 3. The zero-order valence-electron chi connectivity index (χ0n) is 6.32.